The molecule has 0 aromatic carbocycles. The molecule has 1 saturated heterocycles. The van der Waals surface area contributed by atoms with Crippen LogP contribution in [0.25, 0.3) is 0 Å². The SMILES string of the molecule is CN(C)C1CCCN(C(=O)CC2(CN)CCCCC2)C1.Cl.Cl. The Balaban J connectivity index is 0.00000220. The summed E-state index contributed by atoms with van der Waals surface area (Å²) in [6, 6.07) is 0.521. The van der Waals surface area contributed by atoms with Crippen molar-refractivity contribution in [1.29, 1.82) is 0 Å². The lowest BCUT2D eigenvalue weighted by atomic mass is 9.71. The van der Waals surface area contributed by atoms with Crippen LogP contribution in [0.5, 0.6) is 0 Å². The predicted molar refractivity (Wildman–Crippen MR) is 97.0 cm³/mol. The number of carbonyl (C=O) groups excluding carboxylic acids is 1. The summed E-state index contributed by atoms with van der Waals surface area (Å²) in [5.41, 5.74) is 6.11. The zero-order valence-electron chi connectivity index (χ0n) is 14.1. The largest absolute Gasteiger partial charge is 0.341 e. The number of amides is 1. The van der Waals surface area contributed by atoms with Crippen LogP contribution in [0.1, 0.15) is 51.4 Å². The summed E-state index contributed by atoms with van der Waals surface area (Å²) >= 11 is 0. The van der Waals surface area contributed by atoms with E-state index in [2.05, 4.69) is 23.9 Å². The van der Waals surface area contributed by atoms with Gasteiger partial charge in [-0.1, -0.05) is 19.3 Å². The highest BCUT2D eigenvalue weighted by molar-refractivity contribution is 5.85. The molecule has 1 aliphatic carbocycles. The van der Waals surface area contributed by atoms with Gasteiger partial charge in [-0.25, -0.2) is 0 Å². The van der Waals surface area contributed by atoms with Gasteiger partial charge in [-0.05, 0) is 51.7 Å². The number of likely N-dealkylation sites (N-methyl/N-ethyl adjacent to an activating group) is 1. The molecule has 1 atom stereocenters. The van der Waals surface area contributed by atoms with Gasteiger partial charge >= 0.3 is 0 Å². The van der Waals surface area contributed by atoms with Crippen molar-refractivity contribution in [1.82, 2.24) is 9.80 Å². The van der Waals surface area contributed by atoms with Crippen molar-refractivity contribution in [3.63, 3.8) is 0 Å². The van der Waals surface area contributed by atoms with Crippen LogP contribution in [0.4, 0.5) is 0 Å². The topological polar surface area (TPSA) is 49.6 Å². The Hall–Kier alpha value is -0.0300. The van der Waals surface area contributed by atoms with E-state index >= 15 is 0 Å². The Kier molecular flexibility index (Phi) is 9.95. The third-order valence-corrected chi connectivity index (χ3v) is 5.35. The van der Waals surface area contributed by atoms with E-state index in [0.717, 1.165) is 32.4 Å². The molecule has 1 heterocycles. The van der Waals surface area contributed by atoms with Gasteiger partial charge in [-0.3, -0.25) is 4.79 Å². The van der Waals surface area contributed by atoms with Gasteiger partial charge in [-0.15, -0.1) is 24.8 Å². The number of halogens is 2. The summed E-state index contributed by atoms with van der Waals surface area (Å²) in [5.74, 6) is 0.337. The monoisotopic (exact) mass is 353 g/mol. The normalized spacial score (nSPS) is 24.4. The van der Waals surface area contributed by atoms with Crippen LogP contribution in [0, 0.1) is 5.41 Å². The molecule has 0 aromatic rings. The van der Waals surface area contributed by atoms with Crippen LogP contribution < -0.4 is 5.73 Å². The fraction of sp³-hybridized carbons (Fsp3) is 0.938. The first kappa shape index (κ1) is 22.0. The average molecular weight is 354 g/mol. The van der Waals surface area contributed by atoms with E-state index in [1.807, 2.05) is 0 Å². The number of likely N-dealkylation sites (tertiary alicyclic amines) is 1. The second-order valence-corrected chi connectivity index (χ2v) is 7.04. The van der Waals surface area contributed by atoms with Gasteiger partial charge in [0, 0.05) is 25.6 Å². The molecule has 6 heteroatoms. The van der Waals surface area contributed by atoms with E-state index in [1.165, 1.54) is 25.7 Å². The molecule has 0 bridgehead atoms. The molecule has 132 valence electrons. The first-order chi connectivity index (χ1) is 9.56. The summed E-state index contributed by atoms with van der Waals surface area (Å²) in [4.78, 5) is 17.0. The van der Waals surface area contributed by atoms with Gasteiger partial charge in [0.1, 0.15) is 0 Å². The summed E-state index contributed by atoms with van der Waals surface area (Å²) in [6.07, 6.45) is 9.07. The number of carbonyl (C=O) groups is 1. The minimum atomic E-state index is 0. The van der Waals surface area contributed by atoms with Crippen LogP contribution >= 0.6 is 24.8 Å². The van der Waals surface area contributed by atoms with Crippen molar-refractivity contribution in [2.45, 2.75) is 57.4 Å². The fourth-order valence-corrected chi connectivity index (χ4v) is 3.79. The molecule has 1 unspecified atom stereocenters. The third-order valence-electron chi connectivity index (χ3n) is 5.35. The predicted octanol–water partition coefficient (Wildman–Crippen LogP) is 2.68. The molecule has 22 heavy (non-hydrogen) atoms. The Morgan fingerprint density at radius 1 is 1.18 bits per heavy atom. The van der Waals surface area contributed by atoms with Crippen molar-refractivity contribution in [2.75, 3.05) is 33.7 Å². The van der Waals surface area contributed by atoms with Crippen molar-refractivity contribution in [3.05, 3.63) is 0 Å². The summed E-state index contributed by atoms with van der Waals surface area (Å²) in [5, 5.41) is 0. The van der Waals surface area contributed by atoms with Crippen LogP contribution in [0.2, 0.25) is 0 Å². The minimum absolute atomic E-state index is 0. The molecule has 1 amide bonds. The fourth-order valence-electron chi connectivity index (χ4n) is 3.79. The summed E-state index contributed by atoms with van der Waals surface area (Å²) < 4.78 is 0. The number of rotatable bonds is 4. The second kappa shape index (κ2) is 9.96. The Morgan fingerprint density at radius 2 is 1.82 bits per heavy atom. The van der Waals surface area contributed by atoms with E-state index in [4.69, 9.17) is 5.73 Å². The Morgan fingerprint density at radius 3 is 2.36 bits per heavy atom. The minimum Gasteiger partial charge on any atom is -0.341 e. The molecule has 2 fully saturated rings. The van der Waals surface area contributed by atoms with Crippen molar-refractivity contribution >= 4 is 30.7 Å². The number of nitrogens with zero attached hydrogens (tertiary/aromatic N) is 2. The van der Waals surface area contributed by atoms with E-state index in [1.54, 1.807) is 0 Å². The van der Waals surface area contributed by atoms with Crippen LogP contribution in [0.15, 0.2) is 0 Å². The first-order valence-electron chi connectivity index (χ1n) is 8.21. The number of nitrogens with two attached hydrogens (primary N) is 1. The standard InChI is InChI=1S/C16H31N3O.2ClH/c1-18(2)14-7-6-10-19(12-14)15(20)11-16(13-17)8-4-3-5-9-16;;/h14H,3-13,17H2,1-2H3;2*1H. The molecule has 0 aromatic heterocycles. The molecule has 1 aliphatic heterocycles. The second-order valence-electron chi connectivity index (χ2n) is 7.04. The maximum Gasteiger partial charge on any atom is 0.223 e. The number of piperidine rings is 1. The quantitative estimate of drug-likeness (QED) is 0.845. The average Bonchev–Trinajstić information content (AvgIpc) is 2.48. The Labute approximate surface area is 148 Å². The van der Waals surface area contributed by atoms with Crippen molar-refractivity contribution in [3.8, 4) is 0 Å². The van der Waals surface area contributed by atoms with Crippen molar-refractivity contribution in [2.24, 2.45) is 11.1 Å². The smallest absolute Gasteiger partial charge is 0.223 e. The third kappa shape index (κ3) is 5.55. The van der Waals surface area contributed by atoms with E-state index in [-0.39, 0.29) is 30.2 Å². The summed E-state index contributed by atoms with van der Waals surface area (Å²) in [7, 11) is 4.22. The summed E-state index contributed by atoms with van der Waals surface area (Å²) in [6.45, 7) is 2.50. The van der Waals surface area contributed by atoms with E-state index < -0.39 is 0 Å². The van der Waals surface area contributed by atoms with E-state index in [9.17, 15) is 4.79 Å². The van der Waals surface area contributed by atoms with Crippen LogP contribution in [-0.2, 0) is 4.79 Å². The molecule has 4 nitrogen and oxygen atoms in total. The highest BCUT2D eigenvalue weighted by Gasteiger charge is 2.35. The highest BCUT2D eigenvalue weighted by atomic mass is 35.5. The Bertz CT molecular complexity index is 333. The van der Waals surface area contributed by atoms with Gasteiger partial charge in [0.05, 0.1) is 0 Å². The van der Waals surface area contributed by atoms with Gasteiger partial charge in [0.25, 0.3) is 0 Å². The zero-order valence-corrected chi connectivity index (χ0v) is 15.7. The van der Waals surface area contributed by atoms with Gasteiger partial charge in [-0.2, -0.15) is 0 Å². The lowest BCUT2D eigenvalue weighted by molar-refractivity contribution is -0.136. The lowest BCUT2D eigenvalue weighted by Gasteiger charge is -2.40. The molecule has 2 aliphatic rings. The zero-order chi connectivity index (χ0) is 14.6. The molecule has 0 radical (unpaired) electrons. The number of hydrogen-bond donors (Lipinski definition) is 1. The van der Waals surface area contributed by atoms with Crippen LogP contribution in [-0.4, -0.2) is 55.5 Å². The number of hydrogen-bond acceptors (Lipinski definition) is 3. The molecular formula is C16H33Cl2N3O. The van der Waals surface area contributed by atoms with Crippen molar-refractivity contribution < 1.29 is 4.79 Å². The lowest BCUT2D eigenvalue weighted by Crippen LogP contribution is -2.49. The maximum absolute atomic E-state index is 12.7. The first-order valence-corrected chi connectivity index (χ1v) is 8.21. The van der Waals surface area contributed by atoms with Gasteiger partial charge in [0.2, 0.25) is 5.91 Å². The highest BCUT2D eigenvalue weighted by Crippen LogP contribution is 2.39. The molecule has 2 rings (SSSR count). The van der Waals surface area contributed by atoms with Gasteiger partial charge < -0.3 is 15.5 Å². The molecule has 2 N–H and O–H groups in total. The van der Waals surface area contributed by atoms with E-state index in [0.29, 0.717) is 24.9 Å². The molecule has 0 spiro atoms. The van der Waals surface area contributed by atoms with Crippen LogP contribution in [0.3, 0.4) is 0 Å². The van der Waals surface area contributed by atoms with Gasteiger partial charge in [0.15, 0.2) is 0 Å². The molecule has 1 saturated carbocycles. The maximum atomic E-state index is 12.7. The molecular weight excluding hydrogens is 321 g/mol.